The van der Waals surface area contributed by atoms with Crippen molar-refractivity contribution in [2.45, 2.75) is 12.6 Å². The van der Waals surface area contributed by atoms with Crippen LogP contribution >= 0.6 is 0 Å². The van der Waals surface area contributed by atoms with Gasteiger partial charge < -0.3 is 15.4 Å². The molecule has 0 saturated carbocycles. The second-order valence-electron chi connectivity index (χ2n) is 5.29. The van der Waals surface area contributed by atoms with E-state index in [-0.39, 0.29) is 24.0 Å². The van der Waals surface area contributed by atoms with Gasteiger partial charge in [-0.3, -0.25) is 0 Å². The molecule has 1 aliphatic heterocycles. The van der Waals surface area contributed by atoms with E-state index in [1.165, 1.54) is 12.1 Å². The molecular formula is C17H18F2N2O. The first-order valence-electron chi connectivity index (χ1n) is 7.34. The SMILES string of the molecule is Fc1cc(OCc2ccccc2)cc(F)c1C1CNCCN1. The standard InChI is InChI=1S/C17H18F2N2O/c18-14-8-13(22-11-12-4-2-1-3-5-12)9-15(19)17(14)16-10-20-6-7-21-16/h1-5,8-9,16,20-21H,6-7,10-11H2. The summed E-state index contributed by atoms with van der Waals surface area (Å²) in [6.07, 6.45) is 0. The van der Waals surface area contributed by atoms with E-state index >= 15 is 0 Å². The van der Waals surface area contributed by atoms with E-state index in [4.69, 9.17) is 4.74 Å². The number of rotatable bonds is 4. The van der Waals surface area contributed by atoms with Crippen molar-refractivity contribution in [1.29, 1.82) is 0 Å². The third-order valence-electron chi connectivity index (χ3n) is 3.69. The van der Waals surface area contributed by atoms with E-state index in [0.717, 1.165) is 12.1 Å². The molecule has 3 rings (SSSR count). The molecule has 1 saturated heterocycles. The van der Waals surface area contributed by atoms with Crippen LogP contribution in [0.15, 0.2) is 42.5 Å². The van der Waals surface area contributed by atoms with Gasteiger partial charge in [-0.25, -0.2) is 8.78 Å². The maximum atomic E-state index is 14.2. The fourth-order valence-corrected chi connectivity index (χ4v) is 2.58. The summed E-state index contributed by atoms with van der Waals surface area (Å²) in [6, 6.07) is 11.6. The molecule has 0 spiro atoms. The Morgan fingerprint density at radius 3 is 2.41 bits per heavy atom. The highest BCUT2D eigenvalue weighted by Crippen LogP contribution is 2.26. The highest BCUT2D eigenvalue weighted by Gasteiger charge is 2.22. The highest BCUT2D eigenvalue weighted by atomic mass is 19.1. The molecule has 0 aromatic heterocycles. The number of hydrogen-bond donors (Lipinski definition) is 2. The molecule has 1 heterocycles. The minimum absolute atomic E-state index is 0.0688. The van der Waals surface area contributed by atoms with Gasteiger partial charge in [0, 0.05) is 37.3 Å². The fourth-order valence-electron chi connectivity index (χ4n) is 2.58. The van der Waals surface area contributed by atoms with Gasteiger partial charge in [0.15, 0.2) is 0 Å². The molecular weight excluding hydrogens is 286 g/mol. The van der Waals surface area contributed by atoms with Crippen molar-refractivity contribution < 1.29 is 13.5 Å². The third-order valence-corrected chi connectivity index (χ3v) is 3.69. The molecule has 0 bridgehead atoms. The van der Waals surface area contributed by atoms with E-state index in [1.807, 2.05) is 30.3 Å². The van der Waals surface area contributed by atoms with Crippen molar-refractivity contribution in [2.75, 3.05) is 19.6 Å². The first-order chi connectivity index (χ1) is 10.7. The molecule has 2 aromatic carbocycles. The van der Waals surface area contributed by atoms with Crippen LogP contribution in [-0.4, -0.2) is 19.6 Å². The van der Waals surface area contributed by atoms with Crippen LogP contribution in [0.25, 0.3) is 0 Å². The summed E-state index contributed by atoms with van der Waals surface area (Å²) >= 11 is 0. The minimum atomic E-state index is -0.579. The molecule has 1 aliphatic rings. The molecule has 0 radical (unpaired) electrons. The van der Waals surface area contributed by atoms with Gasteiger partial charge in [-0.1, -0.05) is 30.3 Å². The second kappa shape index (κ2) is 6.85. The van der Waals surface area contributed by atoms with Gasteiger partial charge in [0.05, 0.1) is 6.04 Å². The molecule has 3 nitrogen and oxygen atoms in total. The van der Waals surface area contributed by atoms with Crippen molar-refractivity contribution in [3.63, 3.8) is 0 Å². The van der Waals surface area contributed by atoms with E-state index in [9.17, 15) is 8.78 Å². The maximum Gasteiger partial charge on any atom is 0.134 e. The van der Waals surface area contributed by atoms with E-state index < -0.39 is 11.6 Å². The predicted molar refractivity (Wildman–Crippen MR) is 80.7 cm³/mol. The van der Waals surface area contributed by atoms with Gasteiger partial charge in [0.2, 0.25) is 0 Å². The van der Waals surface area contributed by atoms with Gasteiger partial charge in [0.1, 0.15) is 24.0 Å². The third kappa shape index (κ3) is 3.43. The minimum Gasteiger partial charge on any atom is -0.489 e. The van der Waals surface area contributed by atoms with Crippen LogP contribution in [0, 0.1) is 11.6 Å². The molecule has 0 amide bonds. The maximum absolute atomic E-state index is 14.2. The zero-order valence-electron chi connectivity index (χ0n) is 12.1. The first kappa shape index (κ1) is 14.9. The van der Waals surface area contributed by atoms with Gasteiger partial charge in [-0.15, -0.1) is 0 Å². The van der Waals surface area contributed by atoms with E-state index in [0.29, 0.717) is 13.1 Å². The molecule has 2 aromatic rings. The Labute approximate surface area is 128 Å². The van der Waals surface area contributed by atoms with Crippen molar-refractivity contribution in [1.82, 2.24) is 10.6 Å². The van der Waals surface area contributed by atoms with Gasteiger partial charge in [-0.05, 0) is 5.56 Å². The molecule has 1 atom stereocenters. The Kier molecular flexibility index (Phi) is 4.65. The number of ether oxygens (including phenoxy) is 1. The average Bonchev–Trinajstić information content (AvgIpc) is 2.54. The second-order valence-corrected chi connectivity index (χ2v) is 5.29. The van der Waals surface area contributed by atoms with Crippen molar-refractivity contribution >= 4 is 0 Å². The van der Waals surface area contributed by atoms with Crippen molar-refractivity contribution in [2.24, 2.45) is 0 Å². The van der Waals surface area contributed by atoms with Crippen LogP contribution in [0.3, 0.4) is 0 Å². The number of piperazine rings is 1. The molecule has 5 heteroatoms. The zero-order valence-corrected chi connectivity index (χ0v) is 12.1. The normalized spacial score (nSPS) is 18.2. The Morgan fingerprint density at radius 2 is 1.77 bits per heavy atom. The predicted octanol–water partition coefficient (Wildman–Crippen LogP) is 2.78. The Morgan fingerprint density at radius 1 is 1.05 bits per heavy atom. The van der Waals surface area contributed by atoms with Crippen LogP contribution in [0.4, 0.5) is 8.78 Å². The smallest absolute Gasteiger partial charge is 0.134 e. The van der Waals surface area contributed by atoms with E-state index in [1.54, 1.807) is 0 Å². The summed E-state index contributed by atoms with van der Waals surface area (Å²) in [6.45, 7) is 2.29. The van der Waals surface area contributed by atoms with Crippen LogP contribution in [0.2, 0.25) is 0 Å². The first-order valence-corrected chi connectivity index (χ1v) is 7.34. The van der Waals surface area contributed by atoms with Gasteiger partial charge in [0.25, 0.3) is 0 Å². The number of halogens is 2. The zero-order chi connectivity index (χ0) is 15.4. The molecule has 1 fully saturated rings. The van der Waals surface area contributed by atoms with Gasteiger partial charge >= 0.3 is 0 Å². The highest BCUT2D eigenvalue weighted by molar-refractivity contribution is 5.33. The lowest BCUT2D eigenvalue weighted by molar-refractivity contribution is 0.301. The van der Waals surface area contributed by atoms with Crippen LogP contribution in [0.1, 0.15) is 17.2 Å². The summed E-state index contributed by atoms with van der Waals surface area (Å²) in [5.74, 6) is -0.958. The van der Waals surface area contributed by atoms with Crippen molar-refractivity contribution in [3.8, 4) is 5.75 Å². The molecule has 22 heavy (non-hydrogen) atoms. The fraction of sp³-hybridized carbons (Fsp3) is 0.294. The Hall–Kier alpha value is -1.98. The Balaban J connectivity index is 1.74. The summed E-state index contributed by atoms with van der Waals surface area (Å²) in [5, 5.41) is 6.23. The monoisotopic (exact) mass is 304 g/mol. The van der Waals surface area contributed by atoms with Crippen LogP contribution in [-0.2, 0) is 6.61 Å². The Bertz CT molecular complexity index is 605. The average molecular weight is 304 g/mol. The lowest BCUT2D eigenvalue weighted by Gasteiger charge is -2.25. The molecule has 1 unspecified atom stereocenters. The van der Waals surface area contributed by atoms with Crippen molar-refractivity contribution in [3.05, 3.63) is 65.2 Å². The summed E-state index contributed by atoms with van der Waals surface area (Å²) in [4.78, 5) is 0. The summed E-state index contributed by atoms with van der Waals surface area (Å²) < 4.78 is 33.9. The molecule has 0 aliphatic carbocycles. The summed E-state index contributed by atoms with van der Waals surface area (Å²) in [7, 11) is 0. The summed E-state index contributed by atoms with van der Waals surface area (Å²) in [5.41, 5.74) is 1.02. The van der Waals surface area contributed by atoms with Crippen LogP contribution < -0.4 is 15.4 Å². The number of nitrogens with one attached hydrogen (secondary N) is 2. The molecule has 2 N–H and O–H groups in total. The van der Waals surface area contributed by atoms with Gasteiger partial charge in [-0.2, -0.15) is 0 Å². The van der Waals surface area contributed by atoms with Crippen LogP contribution in [0.5, 0.6) is 5.75 Å². The lowest BCUT2D eigenvalue weighted by Crippen LogP contribution is -2.43. The van der Waals surface area contributed by atoms with E-state index in [2.05, 4.69) is 10.6 Å². The largest absolute Gasteiger partial charge is 0.489 e. The number of hydrogen-bond acceptors (Lipinski definition) is 3. The lowest BCUT2D eigenvalue weighted by atomic mass is 10.0. The number of benzene rings is 2. The quantitative estimate of drug-likeness (QED) is 0.911. The topological polar surface area (TPSA) is 33.3 Å². The molecule has 116 valence electrons.